The molecule has 0 aromatic carbocycles. The molecule has 0 spiro atoms. The van der Waals surface area contributed by atoms with Crippen LogP contribution in [0.1, 0.15) is 100 Å². The van der Waals surface area contributed by atoms with Crippen molar-refractivity contribution in [1.29, 1.82) is 0 Å². The normalized spacial score (nSPS) is 44.9. The number of hydrogen-bond acceptors (Lipinski definition) is 4. The van der Waals surface area contributed by atoms with Gasteiger partial charge in [0.05, 0.1) is 6.10 Å². The summed E-state index contributed by atoms with van der Waals surface area (Å²) in [5.41, 5.74) is 0.849. The van der Waals surface area contributed by atoms with E-state index in [0.717, 1.165) is 38.5 Å². The molecule has 3 saturated carbocycles. The minimum atomic E-state index is -0.696. The second kappa shape index (κ2) is 8.28. The predicted molar refractivity (Wildman–Crippen MR) is 136 cm³/mol. The van der Waals surface area contributed by atoms with E-state index < -0.39 is 5.60 Å². The molecule has 1 unspecified atom stereocenters. The molecule has 4 aliphatic rings. The van der Waals surface area contributed by atoms with E-state index in [1.807, 2.05) is 19.9 Å². The van der Waals surface area contributed by atoms with E-state index in [-0.39, 0.29) is 33.7 Å². The summed E-state index contributed by atoms with van der Waals surface area (Å²) in [4.78, 5) is 17.4. The molecule has 0 aromatic rings. The monoisotopic (exact) mass is 472 g/mol. The summed E-state index contributed by atoms with van der Waals surface area (Å²) in [7, 11) is 0. The zero-order valence-corrected chi connectivity index (χ0v) is 22.8. The number of fused-ring (bicyclic) bond motifs is 5. The van der Waals surface area contributed by atoms with Gasteiger partial charge in [-0.15, -0.1) is 0 Å². The molecular weight excluding hydrogens is 424 g/mol. The van der Waals surface area contributed by atoms with E-state index in [9.17, 15) is 9.90 Å². The molecule has 4 aliphatic carbocycles. The van der Waals surface area contributed by atoms with Crippen molar-refractivity contribution >= 4 is 5.78 Å². The van der Waals surface area contributed by atoms with Crippen LogP contribution in [0.15, 0.2) is 23.8 Å². The number of aliphatic hydroxyl groups excluding tert-OH is 1. The molecule has 4 rings (SSSR count). The van der Waals surface area contributed by atoms with Crippen LogP contribution in [0, 0.1) is 45.3 Å². The Morgan fingerprint density at radius 2 is 1.88 bits per heavy atom. The summed E-state index contributed by atoms with van der Waals surface area (Å²) in [6.45, 7) is 17.6. The maximum atomic E-state index is 12.8. The first kappa shape index (κ1) is 26.1. The van der Waals surface area contributed by atoms with Crippen LogP contribution in [0.3, 0.4) is 0 Å². The Labute approximate surface area is 207 Å². The van der Waals surface area contributed by atoms with Gasteiger partial charge in [0.1, 0.15) is 11.4 Å². The summed E-state index contributed by atoms with van der Waals surface area (Å²) >= 11 is 0. The lowest BCUT2D eigenvalue weighted by atomic mass is 9.41. The molecule has 192 valence electrons. The minimum absolute atomic E-state index is 0.00890. The molecular formula is C30H48O4. The summed E-state index contributed by atoms with van der Waals surface area (Å²) in [5, 5.41) is 20.6. The van der Waals surface area contributed by atoms with Gasteiger partial charge in [0.15, 0.2) is 0 Å². The van der Waals surface area contributed by atoms with Crippen molar-refractivity contribution in [3.63, 3.8) is 0 Å². The lowest BCUT2D eigenvalue weighted by molar-refractivity contribution is -0.297. The van der Waals surface area contributed by atoms with Gasteiger partial charge in [-0.25, -0.2) is 4.89 Å². The molecule has 4 nitrogen and oxygen atoms in total. The third-order valence-corrected chi connectivity index (χ3v) is 11.5. The van der Waals surface area contributed by atoms with Crippen LogP contribution in [-0.2, 0) is 9.68 Å². The summed E-state index contributed by atoms with van der Waals surface area (Å²) in [6, 6.07) is 0. The molecule has 34 heavy (non-hydrogen) atoms. The number of aliphatic hydroxyl groups is 1. The van der Waals surface area contributed by atoms with E-state index in [1.54, 1.807) is 5.57 Å². The fraction of sp³-hybridized carbons (Fsp3) is 0.833. The molecule has 8 atom stereocenters. The minimum Gasteiger partial charge on any atom is -0.393 e. The number of hydrogen-bond donors (Lipinski definition) is 2. The van der Waals surface area contributed by atoms with Gasteiger partial charge < -0.3 is 5.11 Å². The van der Waals surface area contributed by atoms with Crippen molar-refractivity contribution in [3.05, 3.63) is 23.8 Å². The zero-order valence-electron chi connectivity index (χ0n) is 22.8. The van der Waals surface area contributed by atoms with Gasteiger partial charge >= 0.3 is 0 Å². The smallest absolute Gasteiger partial charge is 0.138 e. The van der Waals surface area contributed by atoms with Crippen molar-refractivity contribution in [2.75, 3.05) is 0 Å². The van der Waals surface area contributed by atoms with Crippen LogP contribution in [-0.4, -0.2) is 27.9 Å². The number of carbonyl (C=O) groups excluding carboxylic acids is 1. The Hall–Kier alpha value is -0.970. The van der Waals surface area contributed by atoms with Crippen LogP contribution in [0.25, 0.3) is 0 Å². The van der Waals surface area contributed by atoms with Crippen LogP contribution in [0.2, 0.25) is 0 Å². The summed E-state index contributed by atoms with van der Waals surface area (Å²) in [6.07, 6.45) is 12.9. The average molecular weight is 473 g/mol. The van der Waals surface area contributed by atoms with Crippen LogP contribution in [0.5, 0.6) is 0 Å². The summed E-state index contributed by atoms with van der Waals surface area (Å²) in [5.74, 6) is 1.93. The van der Waals surface area contributed by atoms with Crippen molar-refractivity contribution in [1.82, 2.24) is 0 Å². The lowest BCUT2D eigenvalue weighted by Gasteiger charge is -2.63. The van der Waals surface area contributed by atoms with Gasteiger partial charge in [0.25, 0.3) is 0 Å². The third kappa shape index (κ3) is 3.61. The number of carbonyl (C=O) groups is 1. The van der Waals surface area contributed by atoms with Gasteiger partial charge in [-0.1, -0.05) is 65.3 Å². The van der Waals surface area contributed by atoms with Gasteiger partial charge in [-0.3, -0.25) is 10.1 Å². The molecule has 0 aliphatic heterocycles. The molecule has 0 bridgehead atoms. The van der Waals surface area contributed by atoms with Gasteiger partial charge in [-0.2, -0.15) is 0 Å². The first-order valence-corrected chi connectivity index (χ1v) is 13.6. The standard InChI is InChI=1S/C30H48O4/c1-19(10-9-15-26(2,3)34-33)25-22(31)18-30(8)21-11-12-23-27(4,5)24(32)14-16-28(23,6)20(21)13-17-29(25,30)7/h9,11,15,19-20,22-23,25,31,33H,10,12-14,16-18H2,1-8H3/b15-9+/t19?,20-,22-,23-,25+,28+,29-,30+/m0/s1. The van der Waals surface area contributed by atoms with E-state index in [2.05, 4.69) is 58.6 Å². The first-order valence-electron chi connectivity index (χ1n) is 13.6. The van der Waals surface area contributed by atoms with Crippen molar-refractivity contribution < 1.29 is 20.0 Å². The molecule has 4 heteroatoms. The van der Waals surface area contributed by atoms with E-state index in [1.165, 1.54) is 0 Å². The number of rotatable bonds is 5. The number of Topliss-reactive ketones (excluding diaryl/α,β-unsaturated/α-hetero) is 1. The Morgan fingerprint density at radius 1 is 1.21 bits per heavy atom. The molecule has 3 fully saturated rings. The highest BCUT2D eigenvalue weighted by Gasteiger charge is 2.67. The Kier molecular flexibility index (Phi) is 6.36. The second-order valence-corrected chi connectivity index (χ2v) is 14.0. The SMILES string of the molecule is CC(C/C=C/C(C)(C)OO)[C@@H]1[C@@H](O)C[C@]2(C)C3=CC[C@H]4C(C)(C)C(=O)CC[C@]4(C)[C@H]3CC[C@@]12C. The molecule has 0 heterocycles. The molecule has 2 N–H and O–H groups in total. The second-order valence-electron chi connectivity index (χ2n) is 14.0. The molecule has 0 amide bonds. The molecule has 0 aromatic heterocycles. The van der Waals surface area contributed by atoms with E-state index in [0.29, 0.717) is 30.0 Å². The fourth-order valence-electron chi connectivity index (χ4n) is 9.37. The van der Waals surface area contributed by atoms with Crippen molar-refractivity contribution in [2.45, 2.75) is 112 Å². The van der Waals surface area contributed by atoms with Crippen LogP contribution < -0.4 is 0 Å². The van der Waals surface area contributed by atoms with Gasteiger partial charge in [-0.05, 0) is 92.3 Å². The van der Waals surface area contributed by atoms with Crippen molar-refractivity contribution in [2.24, 2.45) is 45.3 Å². The topological polar surface area (TPSA) is 66.8 Å². The maximum Gasteiger partial charge on any atom is 0.138 e. The van der Waals surface area contributed by atoms with Crippen LogP contribution in [0.4, 0.5) is 0 Å². The molecule has 0 radical (unpaired) electrons. The largest absolute Gasteiger partial charge is 0.393 e. The number of allylic oxidation sites excluding steroid dienone is 3. The number of ketones is 1. The van der Waals surface area contributed by atoms with Gasteiger partial charge in [0, 0.05) is 11.8 Å². The average Bonchev–Trinajstić information content (AvgIpc) is 2.96. The molecule has 0 saturated heterocycles. The summed E-state index contributed by atoms with van der Waals surface area (Å²) < 4.78 is 0. The highest BCUT2D eigenvalue weighted by atomic mass is 17.1. The fourth-order valence-corrected chi connectivity index (χ4v) is 9.37. The Morgan fingerprint density at radius 3 is 2.53 bits per heavy atom. The van der Waals surface area contributed by atoms with E-state index >= 15 is 0 Å². The quantitative estimate of drug-likeness (QED) is 0.257. The highest BCUT2D eigenvalue weighted by Crippen LogP contribution is 2.73. The van der Waals surface area contributed by atoms with Crippen LogP contribution >= 0.6 is 0 Å². The lowest BCUT2D eigenvalue weighted by Crippen LogP contribution is -2.57. The predicted octanol–water partition coefficient (Wildman–Crippen LogP) is 6.98. The maximum absolute atomic E-state index is 12.8. The zero-order chi connectivity index (χ0) is 25.3. The first-order chi connectivity index (χ1) is 15.6. The van der Waals surface area contributed by atoms with Gasteiger partial charge in [0.2, 0.25) is 0 Å². The highest BCUT2D eigenvalue weighted by molar-refractivity contribution is 5.85. The third-order valence-electron chi connectivity index (χ3n) is 11.5. The Bertz CT molecular complexity index is 884. The van der Waals surface area contributed by atoms with E-state index in [4.69, 9.17) is 5.26 Å². The van der Waals surface area contributed by atoms with Crippen molar-refractivity contribution in [3.8, 4) is 0 Å². The Balaban J connectivity index is 1.64.